The van der Waals surface area contributed by atoms with Crippen LogP contribution in [0.25, 0.3) is 0 Å². The molecule has 0 aliphatic rings. The standard InChI is InChI=1S/C6H19N2O9P3.4CH4/c1-2-7(4-18(9,10)11)3-8(5-19(12,13)14)6-20(15,16)17;;;;/h2-6H2,1H3,(H2,9,10,11)(H2,12,13,14)(H2,15,16,17);4*1H4. The lowest BCUT2D eigenvalue weighted by Gasteiger charge is -2.29. The van der Waals surface area contributed by atoms with Crippen molar-refractivity contribution in [3.05, 3.63) is 0 Å². The lowest BCUT2D eigenvalue weighted by atomic mass is 10.6. The minimum atomic E-state index is -4.56. The summed E-state index contributed by atoms with van der Waals surface area (Å²) in [5.41, 5.74) is 0. The normalized spacial score (nSPS) is 11.9. The molecule has 0 saturated carbocycles. The van der Waals surface area contributed by atoms with E-state index >= 15 is 0 Å². The van der Waals surface area contributed by atoms with Crippen LogP contribution in [0, 0.1) is 0 Å². The molecule has 0 unspecified atom stereocenters. The Morgan fingerprint density at radius 3 is 1.08 bits per heavy atom. The topological polar surface area (TPSA) is 179 Å². The fraction of sp³-hybridized carbons (Fsp3) is 1.00. The summed E-state index contributed by atoms with van der Waals surface area (Å²) in [6.07, 6.45) is -2.52. The third-order valence-corrected chi connectivity index (χ3v) is 4.31. The fourth-order valence-electron chi connectivity index (χ4n) is 1.44. The molecule has 0 aliphatic carbocycles. The first-order chi connectivity index (χ1) is 8.72. The van der Waals surface area contributed by atoms with Crippen LogP contribution in [0.1, 0.15) is 36.6 Å². The van der Waals surface area contributed by atoms with Crippen molar-refractivity contribution in [3.8, 4) is 0 Å². The molecule has 14 heteroatoms. The van der Waals surface area contributed by atoms with Crippen molar-refractivity contribution in [2.24, 2.45) is 0 Å². The third kappa shape index (κ3) is 22.4. The summed E-state index contributed by atoms with van der Waals surface area (Å²) in [6.45, 7) is 1.28. The second-order valence-electron chi connectivity index (χ2n) is 4.22. The highest BCUT2D eigenvalue weighted by molar-refractivity contribution is 7.52. The Bertz CT molecular complexity index is 421. The maximum Gasteiger partial charge on any atom is 0.339 e. The molecule has 0 bridgehead atoms. The van der Waals surface area contributed by atoms with E-state index in [0.717, 1.165) is 9.80 Å². The lowest BCUT2D eigenvalue weighted by Crippen LogP contribution is -2.39. The van der Waals surface area contributed by atoms with Crippen LogP contribution in [0.3, 0.4) is 0 Å². The Morgan fingerprint density at radius 1 is 0.625 bits per heavy atom. The quantitative estimate of drug-likeness (QED) is 0.235. The van der Waals surface area contributed by atoms with Gasteiger partial charge < -0.3 is 29.4 Å². The molecule has 24 heavy (non-hydrogen) atoms. The number of hydrogen-bond acceptors (Lipinski definition) is 5. The van der Waals surface area contributed by atoms with Crippen molar-refractivity contribution in [1.29, 1.82) is 0 Å². The van der Waals surface area contributed by atoms with Crippen LogP contribution >= 0.6 is 22.8 Å². The molecule has 0 amide bonds. The van der Waals surface area contributed by atoms with Gasteiger partial charge in [0.25, 0.3) is 0 Å². The van der Waals surface area contributed by atoms with Gasteiger partial charge in [-0.1, -0.05) is 36.6 Å². The minimum absolute atomic E-state index is 0. The second-order valence-corrected chi connectivity index (χ2v) is 9.05. The molecule has 0 saturated heterocycles. The average molecular weight is 420 g/mol. The maximum absolute atomic E-state index is 10.9. The molecule has 0 aliphatic heterocycles. The van der Waals surface area contributed by atoms with Gasteiger partial charge >= 0.3 is 22.8 Å². The highest BCUT2D eigenvalue weighted by atomic mass is 31.2. The summed E-state index contributed by atoms with van der Waals surface area (Å²) in [6, 6.07) is 0. The van der Waals surface area contributed by atoms with E-state index in [9.17, 15) is 13.7 Å². The Labute approximate surface area is 145 Å². The summed E-state index contributed by atoms with van der Waals surface area (Å²) >= 11 is 0. The van der Waals surface area contributed by atoms with E-state index in [-0.39, 0.29) is 36.3 Å². The molecule has 0 spiro atoms. The Balaban J connectivity index is -0.000000301. The van der Waals surface area contributed by atoms with Crippen molar-refractivity contribution in [1.82, 2.24) is 9.80 Å². The van der Waals surface area contributed by atoms with Crippen molar-refractivity contribution >= 4 is 22.8 Å². The van der Waals surface area contributed by atoms with Crippen LogP contribution in [0.15, 0.2) is 0 Å². The predicted octanol–water partition coefficient (Wildman–Crippen LogP) is 1.52. The summed E-state index contributed by atoms with van der Waals surface area (Å²) in [7, 11) is -13.5. The molecular weight excluding hydrogens is 385 g/mol. The molecular formula is C10H35N2O9P3. The molecule has 0 aromatic rings. The van der Waals surface area contributed by atoms with E-state index in [1.54, 1.807) is 6.92 Å². The monoisotopic (exact) mass is 420 g/mol. The Morgan fingerprint density at radius 2 is 0.875 bits per heavy atom. The summed E-state index contributed by atoms with van der Waals surface area (Å²) < 4.78 is 32.7. The molecule has 6 N–H and O–H groups in total. The van der Waals surface area contributed by atoms with Crippen molar-refractivity contribution < 1.29 is 43.1 Å². The fourth-order valence-corrected chi connectivity index (χ4v) is 3.83. The van der Waals surface area contributed by atoms with Crippen molar-refractivity contribution in [2.45, 2.75) is 36.6 Å². The van der Waals surface area contributed by atoms with E-state index < -0.39 is 48.3 Å². The first kappa shape index (κ1) is 35.5. The molecule has 11 nitrogen and oxygen atoms in total. The molecule has 0 radical (unpaired) electrons. The van der Waals surface area contributed by atoms with Gasteiger partial charge in [-0.2, -0.15) is 0 Å². The van der Waals surface area contributed by atoms with Crippen LogP contribution in [0.2, 0.25) is 0 Å². The molecule has 0 rings (SSSR count). The second kappa shape index (κ2) is 13.6. The maximum atomic E-state index is 10.9. The summed E-state index contributed by atoms with van der Waals surface area (Å²) in [4.78, 5) is 55.0. The van der Waals surface area contributed by atoms with E-state index in [1.807, 2.05) is 0 Å². The van der Waals surface area contributed by atoms with E-state index in [2.05, 4.69) is 0 Å². The van der Waals surface area contributed by atoms with Gasteiger partial charge in [0.2, 0.25) is 0 Å². The first-order valence-corrected chi connectivity index (χ1v) is 10.7. The van der Waals surface area contributed by atoms with Gasteiger partial charge in [-0.05, 0) is 6.54 Å². The predicted molar refractivity (Wildman–Crippen MR) is 96.7 cm³/mol. The van der Waals surface area contributed by atoms with E-state index in [4.69, 9.17) is 29.4 Å². The summed E-state index contributed by atoms with van der Waals surface area (Å²) in [5.74, 6) is 0. The van der Waals surface area contributed by atoms with Crippen LogP contribution < -0.4 is 0 Å². The zero-order chi connectivity index (χ0) is 16.2. The number of nitrogens with zero attached hydrogens (tertiary/aromatic N) is 2. The van der Waals surface area contributed by atoms with Gasteiger partial charge in [0, 0.05) is 0 Å². The highest BCUT2D eigenvalue weighted by Crippen LogP contribution is 2.41. The van der Waals surface area contributed by atoms with Gasteiger partial charge in [0.1, 0.15) is 18.9 Å². The third-order valence-electron chi connectivity index (χ3n) is 2.00. The zero-order valence-corrected chi connectivity index (χ0v) is 13.4. The molecule has 0 aromatic carbocycles. The van der Waals surface area contributed by atoms with Gasteiger partial charge in [-0.25, -0.2) is 0 Å². The average Bonchev–Trinajstić information content (AvgIpc) is 2.08. The molecule has 154 valence electrons. The smallest absolute Gasteiger partial charge is 0.324 e. The van der Waals surface area contributed by atoms with Gasteiger partial charge in [0.15, 0.2) is 0 Å². The van der Waals surface area contributed by atoms with Crippen molar-refractivity contribution in [2.75, 3.05) is 32.1 Å². The summed E-state index contributed by atoms with van der Waals surface area (Å²) in [5, 5.41) is 0. The molecule has 0 atom stereocenters. The molecule has 0 aromatic heterocycles. The number of rotatable bonds is 9. The van der Waals surface area contributed by atoms with Crippen LogP contribution in [0.5, 0.6) is 0 Å². The van der Waals surface area contributed by atoms with Gasteiger partial charge in [0.05, 0.1) is 6.67 Å². The Kier molecular flexibility index (Phi) is 20.0. The number of hydrogen-bond donors (Lipinski definition) is 6. The van der Waals surface area contributed by atoms with Crippen LogP contribution in [0.4, 0.5) is 0 Å². The van der Waals surface area contributed by atoms with E-state index in [1.165, 1.54) is 0 Å². The largest absolute Gasteiger partial charge is 0.339 e. The van der Waals surface area contributed by atoms with Gasteiger partial charge in [-0.15, -0.1) is 0 Å². The molecule has 0 fully saturated rings. The first-order valence-electron chi connectivity index (χ1n) is 5.30. The van der Waals surface area contributed by atoms with Crippen molar-refractivity contribution in [3.63, 3.8) is 0 Å². The van der Waals surface area contributed by atoms with Crippen LogP contribution in [-0.2, 0) is 13.7 Å². The van der Waals surface area contributed by atoms with E-state index in [0.29, 0.717) is 0 Å². The highest BCUT2D eigenvalue weighted by Gasteiger charge is 2.28. The molecule has 0 heterocycles. The minimum Gasteiger partial charge on any atom is -0.324 e. The lowest BCUT2D eigenvalue weighted by molar-refractivity contribution is 0.165. The Hall–Kier alpha value is 0.370. The van der Waals surface area contributed by atoms with Gasteiger partial charge in [-0.3, -0.25) is 23.5 Å². The SMILES string of the molecule is C.C.C.C.CCN(CN(CP(=O)(O)O)CP(=O)(O)O)CP(=O)(O)O. The zero-order valence-electron chi connectivity index (χ0n) is 10.7. The van der Waals surface area contributed by atoms with Crippen LogP contribution in [-0.4, -0.2) is 71.2 Å².